The lowest BCUT2D eigenvalue weighted by atomic mass is 10.3. The van der Waals surface area contributed by atoms with Crippen LogP contribution in [0.15, 0.2) is 52.5 Å². The lowest BCUT2D eigenvalue weighted by Crippen LogP contribution is -2.22. The Morgan fingerprint density at radius 2 is 1.45 bits per heavy atom. The highest BCUT2D eigenvalue weighted by atomic mass is 32.2. The number of rotatable bonds is 3. The highest BCUT2D eigenvalue weighted by molar-refractivity contribution is 7.92. The molecule has 2 rings (SSSR count). The molecule has 0 aliphatic rings. The minimum atomic E-state index is -5.41. The van der Waals surface area contributed by atoms with Gasteiger partial charge in [-0.3, -0.25) is 0 Å². The molecule has 0 atom stereocenters. The Morgan fingerprint density at radius 3 is 1.91 bits per heavy atom. The molecule has 1 heterocycles. The third-order valence-electron chi connectivity index (χ3n) is 2.84. The quantitative estimate of drug-likeness (QED) is 0.848. The van der Waals surface area contributed by atoms with Gasteiger partial charge in [0.25, 0.3) is 9.84 Å². The molecule has 10 heteroatoms. The molecular weight excluding hydrogens is 343 g/mol. The lowest BCUT2D eigenvalue weighted by molar-refractivity contribution is -0.0436. The van der Waals surface area contributed by atoms with E-state index >= 15 is 0 Å². The van der Waals surface area contributed by atoms with Gasteiger partial charge in [0, 0.05) is 24.3 Å². The summed E-state index contributed by atoms with van der Waals surface area (Å²) >= 11 is 0. The van der Waals surface area contributed by atoms with Gasteiger partial charge >= 0.3 is 5.51 Å². The van der Waals surface area contributed by atoms with Crippen molar-refractivity contribution < 1.29 is 30.0 Å². The van der Waals surface area contributed by atoms with Crippen molar-refractivity contribution >= 4 is 19.7 Å². The van der Waals surface area contributed by atoms with Gasteiger partial charge in [-0.1, -0.05) is 0 Å². The molecule has 0 aliphatic carbocycles. The van der Waals surface area contributed by atoms with Crippen LogP contribution in [-0.2, 0) is 19.7 Å². The van der Waals surface area contributed by atoms with E-state index < -0.39 is 30.1 Å². The topological polar surface area (TPSA) is 73.2 Å². The molecule has 1 aromatic carbocycles. The number of hydrogen-bond acceptors (Lipinski definition) is 4. The Bertz CT molecular complexity index is 895. The van der Waals surface area contributed by atoms with E-state index in [1.807, 2.05) is 0 Å². The SMILES string of the molecule is CS(=O)(=O)c1ccc(-n2ccc(S(=O)(=O)C(F)(F)F)c2)cc1. The van der Waals surface area contributed by atoms with Gasteiger partial charge in [-0.2, -0.15) is 13.2 Å². The van der Waals surface area contributed by atoms with Gasteiger partial charge in [0.05, 0.1) is 9.79 Å². The van der Waals surface area contributed by atoms with Crippen molar-refractivity contribution in [3.8, 4) is 5.69 Å². The highest BCUT2D eigenvalue weighted by Gasteiger charge is 2.47. The van der Waals surface area contributed by atoms with Crippen molar-refractivity contribution in [1.82, 2.24) is 4.57 Å². The predicted octanol–water partition coefficient (Wildman–Crippen LogP) is 2.17. The molecule has 0 unspecified atom stereocenters. The van der Waals surface area contributed by atoms with Crippen LogP contribution < -0.4 is 0 Å². The van der Waals surface area contributed by atoms with Gasteiger partial charge in [0.2, 0.25) is 0 Å². The first-order valence-electron chi connectivity index (χ1n) is 5.73. The first kappa shape index (κ1) is 16.6. The van der Waals surface area contributed by atoms with Crippen LogP contribution in [0, 0.1) is 0 Å². The fourth-order valence-corrected chi connectivity index (χ4v) is 3.09. The maximum atomic E-state index is 12.5. The summed E-state index contributed by atoms with van der Waals surface area (Å²) in [7, 11) is -8.80. The molecule has 1 aromatic heterocycles. The Balaban J connectivity index is 2.41. The van der Waals surface area contributed by atoms with E-state index in [-0.39, 0.29) is 4.90 Å². The Hall–Kier alpha value is -1.81. The fourth-order valence-electron chi connectivity index (χ4n) is 1.70. The molecule has 22 heavy (non-hydrogen) atoms. The molecule has 0 aliphatic heterocycles. The molecule has 120 valence electrons. The molecule has 0 saturated heterocycles. The summed E-state index contributed by atoms with van der Waals surface area (Å²) in [4.78, 5) is -0.835. The Labute approximate surface area is 124 Å². The maximum absolute atomic E-state index is 12.5. The second-order valence-corrected chi connectivity index (χ2v) is 8.43. The van der Waals surface area contributed by atoms with Crippen molar-refractivity contribution in [3.05, 3.63) is 42.7 Å². The zero-order valence-electron chi connectivity index (χ0n) is 11.1. The summed E-state index contributed by atoms with van der Waals surface area (Å²) in [6.45, 7) is 0. The van der Waals surface area contributed by atoms with Gasteiger partial charge in [0.1, 0.15) is 0 Å². The third kappa shape index (κ3) is 3.02. The number of halogens is 3. The zero-order valence-corrected chi connectivity index (χ0v) is 12.7. The van der Waals surface area contributed by atoms with E-state index in [0.29, 0.717) is 5.69 Å². The first-order chi connectivity index (χ1) is 9.93. The summed E-state index contributed by atoms with van der Waals surface area (Å²) in [5.41, 5.74) is -5.05. The average molecular weight is 353 g/mol. The van der Waals surface area contributed by atoms with Crippen LogP contribution in [-0.4, -0.2) is 33.2 Å². The standard InChI is InChI=1S/C12H10F3NO4S2/c1-21(17,18)10-4-2-9(3-5-10)16-7-6-11(8-16)22(19,20)12(13,14)15/h2-8H,1H3. The second-order valence-electron chi connectivity index (χ2n) is 4.47. The zero-order chi connectivity index (χ0) is 16.8. The van der Waals surface area contributed by atoms with Crippen LogP contribution in [0.4, 0.5) is 13.2 Å². The summed E-state index contributed by atoms with van der Waals surface area (Å²) in [6, 6.07) is 6.11. The van der Waals surface area contributed by atoms with E-state index in [1.165, 1.54) is 24.3 Å². The minimum Gasteiger partial charge on any atom is -0.323 e. The minimum absolute atomic E-state index is 0.0477. The number of sulfone groups is 2. The van der Waals surface area contributed by atoms with Crippen molar-refractivity contribution in [1.29, 1.82) is 0 Å². The van der Waals surface area contributed by atoms with Crippen molar-refractivity contribution in [3.63, 3.8) is 0 Å². The smallest absolute Gasteiger partial charge is 0.323 e. The molecule has 0 radical (unpaired) electrons. The van der Waals surface area contributed by atoms with Gasteiger partial charge < -0.3 is 4.57 Å². The second kappa shape index (κ2) is 5.13. The van der Waals surface area contributed by atoms with E-state index in [9.17, 15) is 30.0 Å². The lowest BCUT2D eigenvalue weighted by Gasteiger charge is -2.06. The molecule has 0 saturated carbocycles. The normalized spacial score (nSPS) is 13.3. The van der Waals surface area contributed by atoms with Crippen LogP contribution >= 0.6 is 0 Å². The first-order valence-corrected chi connectivity index (χ1v) is 9.10. The number of benzene rings is 1. The highest BCUT2D eigenvalue weighted by Crippen LogP contribution is 2.30. The van der Waals surface area contributed by atoms with Crippen LogP contribution in [0.2, 0.25) is 0 Å². The summed E-state index contributed by atoms with van der Waals surface area (Å²) < 4.78 is 83.7. The Morgan fingerprint density at radius 1 is 0.909 bits per heavy atom. The summed E-state index contributed by atoms with van der Waals surface area (Å²) in [6.07, 6.45) is 2.98. The third-order valence-corrected chi connectivity index (χ3v) is 5.44. The van der Waals surface area contributed by atoms with E-state index in [2.05, 4.69) is 0 Å². The van der Waals surface area contributed by atoms with Gasteiger partial charge in [-0.15, -0.1) is 0 Å². The number of alkyl halides is 3. The molecule has 2 aromatic rings. The molecule has 0 fully saturated rings. The van der Waals surface area contributed by atoms with Gasteiger partial charge in [0.15, 0.2) is 9.84 Å². The molecule has 0 bridgehead atoms. The summed E-state index contributed by atoms with van der Waals surface area (Å²) in [5, 5.41) is 0. The average Bonchev–Trinajstić information content (AvgIpc) is 2.86. The molecule has 0 spiro atoms. The van der Waals surface area contributed by atoms with E-state index in [0.717, 1.165) is 29.3 Å². The monoisotopic (exact) mass is 353 g/mol. The Kier molecular flexibility index (Phi) is 3.86. The molecular formula is C12H10F3NO4S2. The van der Waals surface area contributed by atoms with E-state index in [1.54, 1.807) is 0 Å². The van der Waals surface area contributed by atoms with Crippen LogP contribution in [0.25, 0.3) is 5.69 Å². The van der Waals surface area contributed by atoms with Gasteiger partial charge in [-0.05, 0) is 30.3 Å². The van der Waals surface area contributed by atoms with Crippen molar-refractivity contribution in [2.24, 2.45) is 0 Å². The van der Waals surface area contributed by atoms with Crippen LogP contribution in [0.5, 0.6) is 0 Å². The van der Waals surface area contributed by atoms with Crippen LogP contribution in [0.1, 0.15) is 0 Å². The van der Waals surface area contributed by atoms with E-state index in [4.69, 9.17) is 0 Å². The fraction of sp³-hybridized carbons (Fsp3) is 0.167. The molecule has 5 nitrogen and oxygen atoms in total. The van der Waals surface area contributed by atoms with Crippen molar-refractivity contribution in [2.75, 3.05) is 6.26 Å². The number of hydrogen-bond donors (Lipinski definition) is 0. The predicted molar refractivity (Wildman–Crippen MR) is 72.1 cm³/mol. The summed E-state index contributed by atoms with van der Waals surface area (Å²) in [5.74, 6) is 0. The molecule has 0 N–H and O–H groups in total. The van der Waals surface area contributed by atoms with Gasteiger partial charge in [-0.25, -0.2) is 16.8 Å². The number of aromatic nitrogens is 1. The maximum Gasteiger partial charge on any atom is 0.501 e. The molecule has 0 amide bonds. The van der Waals surface area contributed by atoms with Crippen molar-refractivity contribution in [2.45, 2.75) is 15.3 Å². The largest absolute Gasteiger partial charge is 0.501 e. The number of nitrogens with zero attached hydrogens (tertiary/aromatic N) is 1. The van der Waals surface area contributed by atoms with Crippen LogP contribution in [0.3, 0.4) is 0 Å².